The molecule has 0 radical (unpaired) electrons. The number of esters is 1. The Hall–Kier alpha value is -2.29. The average Bonchev–Trinajstić information content (AvgIpc) is 2.91. The Balaban J connectivity index is 1.91. The average molecular weight is 281 g/mol. The van der Waals surface area contributed by atoms with E-state index in [4.69, 9.17) is 4.74 Å². The summed E-state index contributed by atoms with van der Waals surface area (Å²) < 4.78 is 4.89. The first-order valence-electron chi connectivity index (χ1n) is 7.22. The lowest BCUT2D eigenvalue weighted by Crippen LogP contribution is -2.12. The SMILES string of the molecule is COC(=O)c1cc(C)ccc1NC1CCc2ccccc21. The lowest BCUT2D eigenvalue weighted by molar-refractivity contribution is 0.0601. The Kier molecular flexibility index (Phi) is 3.65. The molecule has 3 rings (SSSR count). The van der Waals surface area contributed by atoms with Crippen LogP contribution in [0.5, 0.6) is 0 Å². The standard InChI is InChI=1S/C18H19NO2/c1-12-7-9-17(15(11-12)18(20)21-2)19-16-10-8-13-5-3-4-6-14(13)16/h3-7,9,11,16,19H,8,10H2,1-2H3. The van der Waals surface area contributed by atoms with Gasteiger partial charge in [0.25, 0.3) is 0 Å². The Morgan fingerprint density at radius 2 is 2.05 bits per heavy atom. The predicted octanol–water partition coefficient (Wildman–Crippen LogP) is 3.88. The highest BCUT2D eigenvalue weighted by Gasteiger charge is 2.23. The summed E-state index contributed by atoms with van der Waals surface area (Å²) in [5.41, 5.74) is 5.21. The summed E-state index contributed by atoms with van der Waals surface area (Å²) in [6.07, 6.45) is 2.13. The Bertz CT molecular complexity index is 679. The van der Waals surface area contributed by atoms with Crippen LogP contribution in [0.25, 0.3) is 0 Å². The van der Waals surface area contributed by atoms with Gasteiger partial charge in [-0.2, -0.15) is 0 Å². The smallest absolute Gasteiger partial charge is 0.339 e. The van der Waals surface area contributed by atoms with Gasteiger partial charge in [-0.1, -0.05) is 35.9 Å². The summed E-state index contributed by atoms with van der Waals surface area (Å²) in [5, 5.41) is 3.51. The monoisotopic (exact) mass is 281 g/mol. The number of benzene rings is 2. The number of hydrogen-bond donors (Lipinski definition) is 1. The van der Waals surface area contributed by atoms with Crippen LogP contribution >= 0.6 is 0 Å². The normalized spacial score (nSPS) is 16.4. The number of carbonyl (C=O) groups excluding carboxylic acids is 1. The minimum absolute atomic E-state index is 0.257. The van der Waals surface area contributed by atoms with Gasteiger partial charge in [-0.25, -0.2) is 4.79 Å². The third kappa shape index (κ3) is 2.64. The summed E-state index contributed by atoms with van der Waals surface area (Å²) in [4.78, 5) is 11.9. The molecule has 3 heteroatoms. The van der Waals surface area contributed by atoms with Gasteiger partial charge in [-0.15, -0.1) is 0 Å². The molecule has 2 aromatic carbocycles. The second-order valence-electron chi connectivity index (χ2n) is 5.48. The molecule has 2 aromatic rings. The van der Waals surface area contributed by atoms with E-state index >= 15 is 0 Å². The van der Waals surface area contributed by atoms with Gasteiger partial charge in [0.15, 0.2) is 0 Å². The number of rotatable bonds is 3. The van der Waals surface area contributed by atoms with Gasteiger partial charge in [-0.3, -0.25) is 0 Å². The van der Waals surface area contributed by atoms with E-state index in [0.29, 0.717) is 5.56 Å². The molecule has 21 heavy (non-hydrogen) atoms. The highest BCUT2D eigenvalue weighted by Crippen LogP contribution is 2.34. The lowest BCUT2D eigenvalue weighted by Gasteiger charge is -2.18. The van der Waals surface area contributed by atoms with E-state index in [-0.39, 0.29) is 12.0 Å². The molecule has 0 heterocycles. The highest BCUT2D eigenvalue weighted by atomic mass is 16.5. The minimum Gasteiger partial charge on any atom is -0.465 e. The molecular weight excluding hydrogens is 262 g/mol. The second kappa shape index (κ2) is 5.60. The zero-order chi connectivity index (χ0) is 14.8. The number of methoxy groups -OCH3 is 1. The van der Waals surface area contributed by atoms with Crippen molar-refractivity contribution in [1.29, 1.82) is 0 Å². The summed E-state index contributed by atoms with van der Waals surface area (Å²) in [6.45, 7) is 1.97. The fourth-order valence-corrected chi connectivity index (χ4v) is 2.96. The molecule has 0 aliphatic heterocycles. The van der Waals surface area contributed by atoms with E-state index in [0.717, 1.165) is 24.1 Å². The molecule has 0 aromatic heterocycles. The second-order valence-corrected chi connectivity index (χ2v) is 5.48. The molecule has 1 N–H and O–H groups in total. The van der Waals surface area contributed by atoms with Crippen LogP contribution in [0.3, 0.4) is 0 Å². The van der Waals surface area contributed by atoms with Crippen LogP contribution in [-0.2, 0) is 11.2 Å². The number of carbonyl (C=O) groups is 1. The summed E-state index contributed by atoms with van der Waals surface area (Å²) in [5.74, 6) is -0.299. The molecule has 3 nitrogen and oxygen atoms in total. The van der Waals surface area contributed by atoms with E-state index in [1.807, 2.05) is 25.1 Å². The number of nitrogens with one attached hydrogen (secondary N) is 1. The van der Waals surface area contributed by atoms with Crippen LogP contribution in [0.15, 0.2) is 42.5 Å². The van der Waals surface area contributed by atoms with Gasteiger partial charge in [0.05, 0.1) is 18.7 Å². The summed E-state index contributed by atoms with van der Waals surface area (Å²) in [6, 6.07) is 14.6. The van der Waals surface area contributed by atoms with Crippen molar-refractivity contribution in [1.82, 2.24) is 0 Å². The van der Waals surface area contributed by atoms with E-state index in [1.165, 1.54) is 18.2 Å². The molecule has 0 saturated heterocycles. The third-order valence-electron chi connectivity index (χ3n) is 4.04. The van der Waals surface area contributed by atoms with Crippen molar-refractivity contribution in [2.75, 3.05) is 12.4 Å². The Morgan fingerprint density at radius 1 is 1.24 bits per heavy atom. The minimum atomic E-state index is -0.299. The highest BCUT2D eigenvalue weighted by molar-refractivity contribution is 5.95. The molecule has 1 atom stereocenters. The number of ether oxygens (including phenoxy) is 1. The molecular formula is C18H19NO2. The van der Waals surface area contributed by atoms with Gasteiger partial charge < -0.3 is 10.1 Å². The van der Waals surface area contributed by atoms with Gasteiger partial charge in [-0.05, 0) is 43.0 Å². The molecule has 0 spiro atoms. The van der Waals surface area contributed by atoms with Crippen molar-refractivity contribution in [3.63, 3.8) is 0 Å². The van der Waals surface area contributed by atoms with Gasteiger partial charge in [0.1, 0.15) is 0 Å². The maximum Gasteiger partial charge on any atom is 0.339 e. The van der Waals surface area contributed by atoms with E-state index in [1.54, 1.807) is 0 Å². The first-order chi connectivity index (χ1) is 10.2. The molecule has 0 saturated carbocycles. The summed E-state index contributed by atoms with van der Waals surface area (Å²) in [7, 11) is 1.42. The molecule has 1 aliphatic rings. The van der Waals surface area contributed by atoms with Crippen molar-refractivity contribution in [2.24, 2.45) is 0 Å². The molecule has 0 bridgehead atoms. The first-order valence-corrected chi connectivity index (χ1v) is 7.22. The first kappa shape index (κ1) is 13.7. The van der Waals surface area contributed by atoms with Crippen LogP contribution in [0, 0.1) is 6.92 Å². The zero-order valence-corrected chi connectivity index (χ0v) is 12.3. The number of aryl methyl sites for hydroxylation is 2. The van der Waals surface area contributed by atoms with E-state index < -0.39 is 0 Å². The fourth-order valence-electron chi connectivity index (χ4n) is 2.96. The quantitative estimate of drug-likeness (QED) is 0.868. The van der Waals surface area contributed by atoms with Crippen molar-refractivity contribution in [2.45, 2.75) is 25.8 Å². The van der Waals surface area contributed by atoms with Crippen molar-refractivity contribution in [3.05, 3.63) is 64.7 Å². The zero-order valence-electron chi connectivity index (χ0n) is 12.3. The van der Waals surface area contributed by atoms with Crippen LogP contribution < -0.4 is 5.32 Å². The maximum atomic E-state index is 11.9. The molecule has 1 aliphatic carbocycles. The predicted molar refractivity (Wildman–Crippen MR) is 83.6 cm³/mol. The Morgan fingerprint density at radius 3 is 2.86 bits per heavy atom. The van der Waals surface area contributed by atoms with E-state index in [2.05, 4.69) is 29.6 Å². The van der Waals surface area contributed by atoms with Gasteiger partial charge >= 0.3 is 5.97 Å². The molecule has 0 fully saturated rings. The maximum absolute atomic E-state index is 11.9. The van der Waals surface area contributed by atoms with Crippen LogP contribution in [-0.4, -0.2) is 13.1 Å². The van der Waals surface area contributed by atoms with Crippen molar-refractivity contribution >= 4 is 11.7 Å². The number of hydrogen-bond acceptors (Lipinski definition) is 3. The largest absolute Gasteiger partial charge is 0.465 e. The Labute approximate surface area is 124 Å². The number of anilines is 1. The molecule has 1 unspecified atom stereocenters. The molecule has 0 amide bonds. The van der Waals surface area contributed by atoms with Crippen molar-refractivity contribution in [3.8, 4) is 0 Å². The van der Waals surface area contributed by atoms with Crippen LogP contribution in [0.1, 0.15) is 39.5 Å². The lowest BCUT2D eigenvalue weighted by atomic mass is 10.1. The van der Waals surface area contributed by atoms with Crippen LogP contribution in [0.2, 0.25) is 0 Å². The van der Waals surface area contributed by atoms with E-state index in [9.17, 15) is 4.79 Å². The summed E-state index contributed by atoms with van der Waals surface area (Å²) >= 11 is 0. The third-order valence-corrected chi connectivity index (χ3v) is 4.04. The molecule has 108 valence electrons. The topological polar surface area (TPSA) is 38.3 Å². The van der Waals surface area contributed by atoms with Crippen molar-refractivity contribution < 1.29 is 9.53 Å². The fraction of sp³-hybridized carbons (Fsp3) is 0.278. The van der Waals surface area contributed by atoms with Gasteiger partial charge in [0.2, 0.25) is 0 Å². The van der Waals surface area contributed by atoms with Gasteiger partial charge in [0, 0.05) is 5.69 Å². The van der Waals surface area contributed by atoms with Crippen LogP contribution in [0.4, 0.5) is 5.69 Å². The number of fused-ring (bicyclic) bond motifs is 1.